The predicted octanol–water partition coefficient (Wildman–Crippen LogP) is 3.42. The zero-order chi connectivity index (χ0) is 21.5. The van der Waals surface area contributed by atoms with Crippen molar-refractivity contribution in [1.82, 2.24) is 20.0 Å². The fourth-order valence-corrected chi connectivity index (χ4v) is 3.15. The molecule has 2 aromatic carbocycles. The van der Waals surface area contributed by atoms with E-state index >= 15 is 0 Å². The van der Waals surface area contributed by atoms with Crippen molar-refractivity contribution in [3.05, 3.63) is 82.7 Å². The maximum atomic E-state index is 12.6. The highest BCUT2D eigenvalue weighted by atomic mass is 16.5. The van der Waals surface area contributed by atoms with Crippen molar-refractivity contribution >= 4 is 5.91 Å². The first-order valence-corrected chi connectivity index (χ1v) is 10.2. The van der Waals surface area contributed by atoms with Crippen molar-refractivity contribution in [3.8, 4) is 5.75 Å². The molecule has 3 aromatic rings. The number of aryl methyl sites for hydroxylation is 2. The molecule has 0 bridgehead atoms. The van der Waals surface area contributed by atoms with Crippen LogP contribution >= 0.6 is 0 Å². The van der Waals surface area contributed by atoms with Crippen molar-refractivity contribution < 1.29 is 9.53 Å². The molecule has 6 nitrogen and oxygen atoms in total. The lowest BCUT2D eigenvalue weighted by molar-refractivity contribution is 0.0951. The summed E-state index contributed by atoms with van der Waals surface area (Å²) in [7, 11) is 4.04. The minimum Gasteiger partial charge on any atom is -0.492 e. The molecule has 1 aromatic heterocycles. The molecule has 3 rings (SSSR count). The number of amides is 1. The summed E-state index contributed by atoms with van der Waals surface area (Å²) in [6, 6.07) is 17.6. The molecule has 0 spiro atoms. The molecule has 0 aliphatic carbocycles. The van der Waals surface area contributed by atoms with Gasteiger partial charge in [0.25, 0.3) is 5.91 Å². The third-order valence-electron chi connectivity index (χ3n) is 4.81. The molecule has 6 heteroatoms. The molecule has 0 saturated heterocycles. The van der Waals surface area contributed by atoms with Crippen molar-refractivity contribution in [2.75, 3.05) is 27.2 Å². The van der Waals surface area contributed by atoms with Crippen LogP contribution in [0.15, 0.2) is 54.6 Å². The number of hydrogen-bond donors (Lipinski definition) is 1. The van der Waals surface area contributed by atoms with E-state index in [-0.39, 0.29) is 5.91 Å². The first kappa shape index (κ1) is 21.6. The number of nitrogens with one attached hydrogen (secondary N) is 1. The van der Waals surface area contributed by atoms with E-state index in [4.69, 9.17) is 4.74 Å². The molecule has 0 fully saturated rings. The largest absolute Gasteiger partial charge is 0.492 e. The second-order valence-electron chi connectivity index (χ2n) is 7.76. The Morgan fingerprint density at radius 3 is 2.50 bits per heavy atom. The summed E-state index contributed by atoms with van der Waals surface area (Å²) in [5, 5.41) is 7.48. The van der Waals surface area contributed by atoms with Crippen LogP contribution in [0.5, 0.6) is 5.75 Å². The molecule has 0 radical (unpaired) electrons. The lowest BCUT2D eigenvalue weighted by Crippen LogP contribution is -2.23. The van der Waals surface area contributed by atoms with E-state index in [0.29, 0.717) is 25.3 Å². The van der Waals surface area contributed by atoms with Crippen molar-refractivity contribution in [2.45, 2.75) is 26.9 Å². The number of ether oxygens (including phenoxy) is 1. The predicted molar refractivity (Wildman–Crippen MR) is 119 cm³/mol. The quantitative estimate of drug-likeness (QED) is 0.592. The number of benzene rings is 2. The normalized spacial score (nSPS) is 11.0. The lowest BCUT2D eigenvalue weighted by Gasteiger charge is -2.11. The summed E-state index contributed by atoms with van der Waals surface area (Å²) in [6.07, 6.45) is 0. The van der Waals surface area contributed by atoms with Crippen LogP contribution in [0.3, 0.4) is 0 Å². The molecule has 30 heavy (non-hydrogen) atoms. The smallest absolute Gasteiger partial charge is 0.251 e. The van der Waals surface area contributed by atoms with Crippen LogP contribution in [0.2, 0.25) is 0 Å². The van der Waals surface area contributed by atoms with E-state index < -0.39 is 0 Å². The summed E-state index contributed by atoms with van der Waals surface area (Å²) >= 11 is 0. The van der Waals surface area contributed by atoms with Crippen LogP contribution in [0.4, 0.5) is 0 Å². The summed E-state index contributed by atoms with van der Waals surface area (Å²) in [5.41, 5.74) is 4.83. The Morgan fingerprint density at radius 2 is 1.83 bits per heavy atom. The molecule has 1 amide bonds. The number of carbonyl (C=O) groups is 1. The van der Waals surface area contributed by atoms with Gasteiger partial charge in [-0.15, -0.1) is 0 Å². The van der Waals surface area contributed by atoms with Crippen LogP contribution in [0, 0.1) is 13.8 Å². The molecule has 1 heterocycles. The van der Waals surface area contributed by atoms with Crippen LogP contribution in [0.1, 0.15) is 32.9 Å². The van der Waals surface area contributed by atoms with Gasteiger partial charge in [0.1, 0.15) is 12.4 Å². The number of aromatic nitrogens is 2. The summed E-state index contributed by atoms with van der Waals surface area (Å²) in [4.78, 5) is 14.7. The zero-order valence-electron chi connectivity index (χ0n) is 18.2. The fourth-order valence-electron chi connectivity index (χ4n) is 3.15. The Balaban J connectivity index is 1.54. The van der Waals surface area contributed by atoms with Gasteiger partial charge < -0.3 is 15.0 Å². The molecule has 0 aliphatic rings. The second-order valence-corrected chi connectivity index (χ2v) is 7.76. The molecule has 0 unspecified atom stereocenters. The van der Waals surface area contributed by atoms with Gasteiger partial charge in [-0.05, 0) is 69.4 Å². The van der Waals surface area contributed by atoms with E-state index in [2.05, 4.69) is 21.4 Å². The Hall–Kier alpha value is -3.12. The van der Waals surface area contributed by atoms with Crippen LogP contribution < -0.4 is 10.1 Å². The summed E-state index contributed by atoms with van der Waals surface area (Å²) in [5.74, 6) is 0.750. The Kier molecular flexibility index (Phi) is 7.25. The Morgan fingerprint density at radius 1 is 1.07 bits per heavy atom. The molecule has 158 valence electrons. The fraction of sp³-hybridized carbons (Fsp3) is 0.333. The van der Waals surface area contributed by atoms with Gasteiger partial charge in [0, 0.05) is 24.3 Å². The maximum Gasteiger partial charge on any atom is 0.251 e. The maximum absolute atomic E-state index is 12.6. The summed E-state index contributed by atoms with van der Waals surface area (Å²) in [6.45, 7) is 6.66. The van der Waals surface area contributed by atoms with Gasteiger partial charge in [-0.1, -0.05) is 24.3 Å². The number of rotatable bonds is 9. The third kappa shape index (κ3) is 6.19. The number of nitrogens with zero attached hydrogens (tertiary/aromatic N) is 3. The molecule has 0 atom stereocenters. The van der Waals surface area contributed by atoms with Crippen molar-refractivity contribution in [3.63, 3.8) is 0 Å². The summed E-state index contributed by atoms with van der Waals surface area (Å²) < 4.78 is 7.66. The van der Waals surface area contributed by atoms with E-state index in [0.717, 1.165) is 34.8 Å². The topological polar surface area (TPSA) is 59.4 Å². The standard InChI is InChI=1S/C24H30N4O2/c1-18-14-19(2)28(26-18)17-21-6-5-7-22(15-21)24(29)25-16-20-8-10-23(11-9-20)30-13-12-27(3)4/h5-11,14-15H,12-13,16-17H2,1-4H3,(H,25,29). The van der Waals surface area contributed by atoms with E-state index in [1.165, 1.54) is 0 Å². The van der Waals surface area contributed by atoms with Gasteiger partial charge in [-0.3, -0.25) is 9.48 Å². The minimum absolute atomic E-state index is 0.0865. The first-order valence-electron chi connectivity index (χ1n) is 10.2. The highest BCUT2D eigenvalue weighted by Gasteiger charge is 2.08. The van der Waals surface area contributed by atoms with E-state index in [9.17, 15) is 4.79 Å². The van der Waals surface area contributed by atoms with Crippen LogP contribution in [0.25, 0.3) is 0 Å². The Bertz CT molecular complexity index is 977. The van der Waals surface area contributed by atoms with Gasteiger partial charge in [-0.2, -0.15) is 5.10 Å². The van der Waals surface area contributed by atoms with Gasteiger partial charge in [0.05, 0.1) is 12.2 Å². The van der Waals surface area contributed by atoms with Gasteiger partial charge in [-0.25, -0.2) is 0 Å². The number of likely N-dealkylation sites (N-methyl/N-ethyl adjacent to an activating group) is 1. The van der Waals surface area contributed by atoms with E-state index in [1.807, 2.05) is 81.2 Å². The third-order valence-corrected chi connectivity index (χ3v) is 4.81. The highest BCUT2D eigenvalue weighted by molar-refractivity contribution is 5.94. The average molecular weight is 407 g/mol. The Labute approximate surface area is 178 Å². The average Bonchev–Trinajstić information content (AvgIpc) is 3.03. The SMILES string of the molecule is Cc1cc(C)n(Cc2cccc(C(=O)NCc3ccc(OCCN(C)C)cc3)c2)n1. The molecular weight excluding hydrogens is 376 g/mol. The van der Waals surface area contributed by atoms with Gasteiger partial charge in [0.15, 0.2) is 0 Å². The van der Waals surface area contributed by atoms with E-state index in [1.54, 1.807) is 0 Å². The number of hydrogen-bond acceptors (Lipinski definition) is 4. The molecular formula is C24H30N4O2. The first-order chi connectivity index (χ1) is 14.4. The molecule has 0 aliphatic heterocycles. The van der Waals surface area contributed by atoms with Gasteiger partial charge in [0.2, 0.25) is 0 Å². The minimum atomic E-state index is -0.0865. The highest BCUT2D eigenvalue weighted by Crippen LogP contribution is 2.13. The monoisotopic (exact) mass is 406 g/mol. The van der Waals surface area contributed by atoms with Crippen LogP contribution in [-0.2, 0) is 13.1 Å². The molecule has 1 N–H and O–H groups in total. The lowest BCUT2D eigenvalue weighted by atomic mass is 10.1. The van der Waals surface area contributed by atoms with Crippen molar-refractivity contribution in [1.29, 1.82) is 0 Å². The van der Waals surface area contributed by atoms with Crippen LogP contribution in [-0.4, -0.2) is 47.8 Å². The molecule has 0 saturated carbocycles. The number of carbonyl (C=O) groups excluding carboxylic acids is 1. The van der Waals surface area contributed by atoms with Gasteiger partial charge >= 0.3 is 0 Å². The van der Waals surface area contributed by atoms with Crippen molar-refractivity contribution in [2.24, 2.45) is 0 Å². The second kappa shape index (κ2) is 10.1. The zero-order valence-corrected chi connectivity index (χ0v) is 18.2.